The summed E-state index contributed by atoms with van der Waals surface area (Å²) >= 11 is 3.34. The van der Waals surface area contributed by atoms with Crippen LogP contribution in [0.4, 0.5) is 0 Å². The summed E-state index contributed by atoms with van der Waals surface area (Å²) in [7, 11) is 0. The molecule has 1 aromatic heterocycles. The summed E-state index contributed by atoms with van der Waals surface area (Å²) in [4.78, 5) is 15.3. The predicted octanol–water partition coefficient (Wildman–Crippen LogP) is 4.00. The largest absolute Gasteiger partial charge is 0.358 e. The van der Waals surface area contributed by atoms with Crippen LogP contribution in [0, 0.1) is 6.92 Å². The highest BCUT2D eigenvalue weighted by Crippen LogP contribution is 2.19. The van der Waals surface area contributed by atoms with E-state index in [4.69, 9.17) is 0 Å². The molecule has 22 heavy (non-hydrogen) atoms. The number of carbonyl (C=O) groups excluding carboxylic acids is 1. The molecule has 5 heteroatoms. The Hall–Kier alpha value is -2.40. The third-order valence-corrected chi connectivity index (χ3v) is 3.88. The Morgan fingerprint density at radius 1 is 1.23 bits per heavy atom. The Balaban J connectivity index is 1.79. The third-order valence-electron chi connectivity index (χ3n) is 3.39. The molecule has 0 aliphatic rings. The van der Waals surface area contributed by atoms with Crippen LogP contribution in [-0.2, 0) is 0 Å². The van der Waals surface area contributed by atoms with Gasteiger partial charge >= 0.3 is 0 Å². The number of H-pyrrole nitrogens is 1. The summed E-state index contributed by atoms with van der Waals surface area (Å²) in [6, 6.07) is 15.2. The van der Waals surface area contributed by atoms with Crippen LogP contribution in [0.25, 0.3) is 10.9 Å². The molecule has 0 aliphatic heterocycles. The van der Waals surface area contributed by atoms with Crippen molar-refractivity contribution in [3.8, 4) is 0 Å². The molecule has 1 heterocycles. The van der Waals surface area contributed by atoms with Crippen LogP contribution in [0.15, 0.2) is 58.1 Å². The summed E-state index contributed by atoms with van der Waals surface area (Å²) in [6.07, 6.45) is 1.67. The van der Waals surface area contributed by atoms with Gasteiger partial charge in [0.2, 0.25) is 0 Å². The maximum absolute atomic E-state index is 12.0. The molecular weight excluding hydrogens is 342 g/mol. The van der Waals surface area contributed by atoms with Gasteiger partial charge in [-0.2, -0.15) is 5.10 Å². The van der Waals surface area contributed by atoms with E-state index in [2.05, 4.69) is 31.4 Å². The highest BCUT2D eigenvalue weighted by Gasteiger charge is 2.06. The number of benzene rings is 2. The van der Waals surface area contributed by atoms with Crippen molar-refractivity contribution in [2.45, 2.75) is 6.92 Å². The first-order chi connectivity index (χ1) is 10.6. The van der Waals surface area contributed by atoms with Crippen molar-refractivity contribution in [3.05, 3.63) is 69.8 Å². The zero-order chi connectivity index (χ0) is 15.5. The minimum Gasteiger partial charge on any atom is -0.358 e. The Labute approximate surface area is 136 Å². The lowest BCUT2D eigenvalue weighted by atomic mass is 10.1. The second-order valence-corrected chi connectivity index (χ2v) is 5.83. The maximum atomic E-state index is 12.0. The number of rotatable bonds is 3. The standard InChI is InChI=1S/C17H14BrN3O/c1-11-15(14-7-2-3-8-16(14)20-11)10-19-21-17(22)12-5-4-6-13(18)9-12/h2-10,20H,1H3,(H,21,22)/b19-10+. The molecule has 110 valence electrons. The molecule has 0 radical (unpaired) electrons. The van der Waals surface area contributed by atoms with E-state index in [0.29, 0.717) is 5.56 Å². The first-order valence-electron chi connectivity index (χ1n) is 6.81. The van der Waals surface area contributed by atoms with Crippen LogP contribution in [0.5, 0.6) is 0 Å². The first kappa shape index (κ1) is 14.5. The molecule has 0 bridgehead atoms. The van der Waals surface area contributed by atoms with E-state index in [9.17, 15) is 4.79 Å². The van der Waals surface area contributed by atoms with Gasteiger partial charge in [-0.25, -0.2) is 5.43 Å². The van der Waals surface area contributed by atoms with Crippen LogP contribution in [-0.4, -0.2) is 17.1 Å². The molecule has 0 saturated carbocycles. The molecule has 0 fully saturated rings. The van der Waals surface area contributed by atoms with Gasteiger partial charge in [-0.3, -0.25) is 4.79 Å². The van der Waals surface area contributed by atoms with E-state index in [-0.39, 0.29) is 5.91 Å². The predicted molar refractivity (Wildman–Crippen MR) is 92.2 cm³/mol. The van der Waals surface area contributed by atoms with Crippen LogP contribution >= 0.6 is 15.9 Å². The van der Waals surface area contributed by atoms with Gasteiger partial charge in [0.1, 0.15) is 0 Å². The van der Waals surface area contributed by atoms with Crippen molar-refractivity contribution in [1.29, 1.82) is 0 Å². The first-order valence-corrected chi connectivity index (χ1v) is 7.61. The van der Waals surface area contributed by atoms with Crippen LogP contribution < -0.4 is 5.43 Å². The normalized spacial score (nSPS) is 11.2. The molecule has 2 N–H and O–H groups in total. The fourth-order valence-corrected chi connectivity index (χ4v) is 2.71. The highest BCUT2D eigenvalue weighted by molar-refractivity contribution is 9.10. The quantitative estimate of drug-likeness (QED) is 0.541. The fourth-order valence-electron chi connectivity index (χ4n) is 2.31. The number of nitrogens with zero attached hydrogens (tertiary/aromatic N) is 1. The number of carbonyl (C=O) groups is 1. The fraction of sp³-hybridized carbons (Fsp3) is 0.0588. The van der Waals surface area contributed by atoms with E-state index in [0.717, 1.165) is 26.6 Å². The van der Waals surface area contributed by atoms with E-state index < -0.39 is 0 Å². The number of amides is 1. The van der Waals surface area contributed by atoms with Gasteiger partial charge in [-0.1, -0.05) is 40.2 Å². The maximum Gasteiger partial charge on any atom is 0.271 e. The van der Waals surface area contributed by atoms with Gasteiger partial charge in [0.15, 0.2) is 0 Å². The number of aromatic nitrogens is 1. The van der Waals surface area contributed by atoms with Gasteiger partial charge < -0.3 is 4.98 Å². The summed E-state index contributed by atoms with van der Waals surface area (Å²) in [5.74, 6) is -0.241. The minimum absolute atomic E-state index is 0.241. The molecule has 4 nitrogen and oxygen atoms in total. The topological polar surface area (TPSA) is 57.2 Å². The molecule has 0 atom stereocenters. The molecule has 3 rings (SSSR count). The van der Waals surface area contributed by atoms with E-state index in [1.807, 2.05) is 43.3 Å². The molecule has 1 amide bonds. The number of aryl methyl sites for hydroxylation is 1. The summed E-state index contributed by atoms with van der Waals surface area (Å²) in [5, 5.41) is 5.15. The number of nitrogens with one attached hydrogen (secondary N) is 2. The lowest BCUT2D eigenvalue weighted by Gasteiger charge is -2.00. The number of para-hydroxylation sites is 1. The van der Waals surface area contributed by atoms with E-state index in [1.54, 1.807) is 18.3 Å². The molecule has 0 aliphatic carbocycles. The van der Waals surface area contributed by atoms with Gasteiger partial charge in [0.05, 0.1) is 6.21 Å². The van der Waals surface area contributed by atoms with Gasteiger partial charge in [0.25, 0.3) is 5.91 Å². The van der Waals surface area contributed by atoms with Crippen LogP contribution in [0.3, 0.4) is 0 Å². The average molecular weight is 356 g/mol. The number of halogens is 1. The van der Waals surface area contributed by atoms with Crippen molar-refractivity contribution in [3.63, 3.8) is 0 Å². The van der Waals surface area contributed by atoms with E-state index in [1.165, 1.54) is 0 Å². The Morgan fingerprint density at radius 3 is 2.86 bits per heavy atom. The zero-order valence-corrected chi connectivity index (χ0v) is 13.5. The summed E-state index contributed by atoms with van der Waals surface area (Å²) in [6.45, 7) is 1.98. The molecular formula is C17H14BrN3O. The molecule has 0 spiro atoms. The summed E-state index contributed by atoms with van der Waals surface area (Å²) < 4.78 is 0.858. The Kier molecular flexibility index (Phi) is 4.06. The second kappa shape index (κ2) is 6.15. The Morgan fingerprint density at radius 2 is 2.05 bits per heavy atom. The lowest BCUT2D eigenvalue weighted by Crippen LogP contribution is -2.17. The molecule has 0 unspecified atom stereocenters. The minimum atomic E-state index is -0.241. The summed E-state index contributed by atoms with van der Waals surface area (Å²) in [5.41, 5.74) is 6.16. The number of hydrogen-bond donors (Lipinski definition) is 2. The van der Waals surface area contributed by atoms with Crippen molar-refractivity contribution < 1.29 is 4.79 Å². The van der Waals surface area contributed by atoms with Crippen LogP contribution in [0.1, 0.15) is 21.6 Å². The average Bonchev–Trinajstić information content (AvgIpc) is 2.83. The van der Waals surface area contributed by atoms with Gasteiger partial charge in [-0.15, -0.1) is 0 Å². The lowest BCUT2D eigenvalue weighted by molar-refractivity contribution is 0.0955. The number of hydrogen-bond acceptors (Lipinski definition) is 2. The third kappa shape index (κ3) is 2.94. The second-order valence-electron chi connectivity index (χ2n) is 4.92. The SMILES string of the molecule is Cc1[nH]c2ccccc2c1/C=N/NC(=O)c1cccc(Br)c1. The van der Waals surface area contributed by atoms with Crippen molar-refractivity contribution in [2.75, 3.05) is 0 Å². The van der Waals surface area contributed by atoms with Crippen molar-refractivity contribution in [1.82, 2.24) is 10.4 Å². The van der Waals surface area contributed by atoms with E-state index >= 15 is 0 Å². The number of fused-ring (bicyclic) bond motifs is 1. The highest BCUT2D eigenvalue weighted by atomic mass is 79.9. The van der Waals surface area contributed by atoms with Crippen molar-refractivity contribution in [2.24, 2.45) is 5.10 Å². The zero-order valence-electron chi connectivity index (χ0n) is 11.9. The number of hydrazone groups is 1. The van der Waals surface area contributed by atoms with Crippen molar-refractivity contribution >= 4 is 39.0 Å². The Bertz CT molecular complexity index is 867. The smallest absolute Gasteiger partial charge is 0.271 e. The number of aromatic amines is 1. The molecule has 3 aromatic rings. The molecule has 2 aromatic carbocycles. The molecule has 0 saturated heterocycles. The van der Waals surface area contributed by atoms with Crippen LogP contribution in [0.2, 0.25) is 0 Å². The van der Waals surface area contributed by atoms with Gasteiger partial charge in [0, 0.05) is 32.2 Å². The van der Waals surface area contributed by atoms with Gasteiger partial charge in [-0.05, 0) is 31.2 Å². The monoisotopic (exact) mass is 355 g/mol.